The van der Waals surface area contributed by atoms with Crippen LogP contribution < -0.4 is 15.0 Å². The summed E-state index contributed by atoms with van der Waals surface area (Å²) in [6, 6.07) is 10.1. The van der Waals surface area contributed by atoms with E-state index in [0.717, 1.165) is 4.47 Å². The van der Waals surface area contributed by atoms with Crippen molar-refractivity contribution in [3.05, 3.63) is 56.5 Å². The van der Waals surface area contributed by atoms with Gasteiger partial charge in [-0.1, -0.05) is 15.9 Å². The number of phenolic OH excluding ortho intramolecular Hbond substituents is 1. The largest absolute Gasteiger partial charge is 0.503 e. The summed E-state index contributed by atoms with van der Waals surface area (Å²) in [5.41, 5.74) is 0.938. The first-order chi connectivity index (χ1) is 12.8. The van der Waals surface area contributed by atoms with Gasteiger partial charge in [-0.05, 0) is 76.2 Å². The zero-order chi connectivity index (χ0) is 19.7. The molecule has 0 unspecified atom stereocenters. The summed E-state index contributed by atoms with van der Waals surface area (Å²) in [6.45, 7) is 0. The van der Waals surface area contributed by atoms with Crippen molar-refractivity contribution in [1.29, 1.82) is 0 Å². The number of aromatic hydroxyl groups is 1. The molecule has 1 fully saturated rings. The van der Waals surface area contributed by atoms with Crippen molar-refractivity contribution in [2.75, 3.05) is 12.0 Å². The van der Waals surface area contributed by atoms with E-state index in [1.165, 1.54) is 24.2 Å². The first-order valence-electron chi connectivity index (χ1n) is 7.55. The average Bonchev–Trinajstić information content (AvgIpc) is 2.62. The van der Waals surface area contributed by atoms with Crippen LogP contribution in [-0.2, 0) is 9.59 Å². The van der Waals surface area contributed by atoms with Crippen molar-refractivity contribution in [3.63, 3.8) is 0 Å². The molecule has 1 aliphatic heterocycles. The highest BCUT2D eigenvalue weighted by molar-refractivity contribution is 9.10. The molecular weight excluding hydrogens is 500 g/mol. The van der Waals surface area contributed by atoms with Crippen LogP contribution in [0.3, 0.4) is 0 Å². The summed E-state index contributed by atoms with van der Waals surface area (Å²) in [7, 11) is 1.41. The summed E-state index contributed by atoms with van der Waals surface area (Å²) in [6.07, 6.45) is 1.41. The number of nitrogens with zero attached hydrogens (tertiary/aromatic N) is 1. The third kappa shape index (κ3) is 3.90. The van der Waals surface area contributed by atoms with Crippen molar-refractivity contribution in [3.8, 4) is 11.5 Å². The molecule has 2 N–H and O–H groups in total. The zero-order valence-electron chi connectivity index (χ0n) is 13.8. The van der Waals surface area contributed by atoms with Gasteiger partial charge >= 0.3 is 0 Å². The van der Waals surface area contributed by atoms with Crippen LogP contribution in [0.2, 0.25) is 0 Å². The number of thiocarbonyl (C=S) groups is 1. The molecule has 6 nitrogen and oxygen atoms in total. The lowest BCUT2D eigenvalue weighted by atomic mass is 10.1. The van der Waals surface area contributed by atoms with Crippen LogP contribution in [0.4, 0.5) is 5.69 Å². The van der Waals surface area contributed by atoms with Gasteiger partial charge in [-0.25, -0.2) is 0 Å². The second-order valence-electron chi connectivity index (χ2n) is 5.49. The van der Waals surface area contributed by atoms with Crippen molar-refractivity contribution < 1.29 is 19.4 Å². The minimum atomic E-state index is -0.596. The molecule has 0 spiro atoms. The minimum Gasteiger partial charge on any atom is -0.503 e. The molecule has 0 bridgehead atoms. The van der Waals surface area contributed by atoms with Gasteiger partial charge in [0.05, 0.1) is 17.3 Å². The standard InChI is InChI=1S/C18H12Br2N2O4S/c1-26-14-8-9(7-13(20)15(14)23)6-12-16(24)21-18(27)22(17(12)25)11-4-2-10(19)3-5-11/h2-8,23H,1H3,(H,21,24,27)/b12-6+. The molecule has 2 aromatic carbocycles. The molecule has 0 aliphatic carbocycles. The average molecular weight is 512 g/mol. The minimum absolute atomic E-state index is 0.00828. The van der Waals surface area contributed by atoms with Crippen molar-refractivity contribution in [2.45, 2.75) is 0 Å². The van der Waals surface area contributed by atoms with Crippen LogP contribution in [0.1, 0.15) is 5.56 Å². The third-order valence-corrected chi connectivity index (χ3v) is 5.19. The fraction of sp³-hybridized carbons (Fsp3) is 0.0556. The molecule has 0 atom stereocenters. The van der Waals surface area contributed by atoms with Gasteiger partial charge in [-0.3, -0.25) is 19.8 Å². The second kappa shape index (κ2) is 7.79. The van der Waals surface area contributed by atoms with Gasteiger partial charge < -0.3 is 9.84 Å². The highest BCUT2D eigenvalue weighted by Crippen LogP contribution is 2.36. The van der Waals surface area contributed by atoms with E-state index < -0.39 is 11.8 Å². The number of amides is 2. The van der Waals surface area contributed by atoms with E-state index in [-0.39, 0.29) is 22.2 Å². The number of hydrogen-bond acceptors (Lipinski definition) is 5. The number of halogens is 2. The van der Waals surface area contributed by atoms with Crippen LogP contribution in [-0.4, -0.2) is 29.1 Å². The van der Waals surface area contributed by atoms with Crippen LogP contribution in [0.5, 0.6) is 11.5 Å². The Morgan fingerprint density at radius 3 is 2.48 bits per heavy atom. The van der Waals surface area contributed by atoms with Crippen LogP contribution in [0.15, 0.2) is 50.9 Å². The van der Waals surface area contributed by atoms with Gasteiger partial charge in [0.1, 0.15) is 5.57 Å². The van der Waals surface area contributed by atoms with E-state index in [1.54, 1.807) is 30.3 Å². The number of ether oxygens (including phenoxy) is 1. The molecule has 27 heavy (non-hydrogen) atoms. The monoisotopic (exact) mass is 510 g/mol. The molecule has 1 aliphatic rings. The van der Waals surface area contributed by atoms with Crippen LogP contribution in [0.25, 0.3) is 6.08 Å². The predicted molar refractivity (Wildman–Crippen MR) is 113 cm³/mol. The molecule has 138 valence electrons. The van der Waals surface area contributed by atoms with Crippen molar-refractivity contribution >= 4 is 72.8 Å². The number of anilines is 1. The fourth-order valence-electron chi connectivity index (χ4n) is 2.48. The summed E-state index contributed by atoms with van der Waals surface area (Å²) in [5, 5.41) is 12.4. The Bertz CT molecular complexity index is 990. The lowest BCUT2D eigenvalue weighted by molar-refractivity contribution is -0.122. The van der Waals surface area contributed by atoms with E-state index in [9.17, 15) is 14.7 Å². The summed E-state index contributed by atoms with van der Waals surface area (Å²) < 4.78 is 6.32. The van der Waals surface area contributed by atoms with E-state index in [2.05, 4.69) is 37.2 Å². The van der Waals surface area contributed by atoms with Gasteiger partial charge in [0.2, 0.25) is 0 Å². The smallest absolute Gasteiger partial charge is 0.270 e. The molecule has 0 saturated carbocycles. The Kier molecular flexibility index (Phi) is 5.64. The third-order valence-electron chi connectivity index (χ3n) is 3.77. The number of carbonyl (C=O) groups excluding carboxylic acids is 2. The molecule has 3 rings (SSSR count). The number of phenols is 1. The lowest BCUT2D eigenvalue weighted by Gasteiger charge is -2.29. The summed E-state index contributed by atoms with van der Waals surface area (Å²) >= 11 is 11.7. The van der Waals surface area contributed by atoms with Crippen LogP contribution in [0, 0.1) is 0 Å². The van der Waals surface area contributed by atoms with Crippen LogP contribution >= 0.6 is 44.1 Å². The lowest BCUT2D eigenvalue weighted by Crippen LogP contribution is -2.54. The topological polar surface area (TPSA) is 78.9 Å². The Balaban J connectivity index is 2.04. The molecule has 2 amide bonds. The fourth-order valence-corrected chi connectivity index (χ4v) is 3.49. The SMILES string of the molecule is COc1cc(/C=C2\C(=O)NC(=S)N(c3ccc(Br)cc3)C2=O)cc(Br)c1O. The first-order valence-corrected chi connectivity index (χ1v) is 9.54. The number of hydrogen-bond donors (Lipinski definition) is 2. The molecule has 9 heteroatoms. The molecule has 2 aromatic rings. The van der Waals surface area contributed by atoms with Gasteiger partial charge in [0.15, 0.2) is 16.6 Å². The molecule has 1 heterocycles. The first kappa shape index (κ1) is 19.5. The highest BCUT2D eigenvalue weighted by Gasteiger charge is 2.34. The Morgan fingerprint density at radius 2 is 1.85 bits per heavy atom. The maximum atomic E-state index is 12.9. The molecule has 1 saturated heterocycles. The maximum Gasteiger partial charge on any atom is 0.270 e. The van der Waals surface area contributed by atoms with Gasteiger partial charge in [-0.15, -0.1) is 0 Å². The van der Waals surface area contributed by atoms with Crippen molar-refractivity contribution in [2.24, 2.45) is 0 Å². The number of benzene rings is 2. The normalized spacial score (nSPS) is 15.9. The zero-order valence-corrected chi connectivity index (χ0v) is 17.8. The van der Waals surface area contributed by atoms with Gasteiger partial charge in [-0.2, -0.15) is 0 Å². The summed E-state index contributed by atoms with van der Waals surface area (Å²) in [5.74, 6) is -1.01. The summed E-state index contributed by atoms with van der Waals surface area (Å²) in [4.78, 5) is 26.5. The van der Waals surface area contributed by atoms with E-state index in [4.69, 9.17) is 17.0 Å². The van der Waals surface area contributed by atoms with E-state index in [0.29, 0.717) is 15.7 Å². The van der Waals surface area contributed by atoms with E-state index in [1.807, 2.05) is 0 Å². The Morgan fingerprint density at radius 1 is 1.19 bits per heavy atom. The van der Waals surface area contributed by atoms with Crippen molar-refractivity contribution in [1.82, 2.24) is 5.32 Å². The second-order valence-corrected chi connectivity index (χ2v) is 7.64. The Labute approximate surface area is 177 Å². The number of rotatable bonds is 3. The maximum absolute atomic E-state index is 12.9. The van der Waals surface area contributed by atoms with Gasteiger partial charge in [0, 0.05) is 4.47 Å². The predicted octanol–water partition coefficient (Wildman–Crippen LogP) is 3.76. The number of nitrogens with one attached hydrogen (secondary N) is 1. The number of carbonyl (C=O) groups is 2. The molecular formula is C18H12Br2N2O4S. The van der Waals surface area contributed by atoms with Gasteiger partial charge in [0.25, 0.3) is 11.8 Å². The Hall–Kier alpha value is -2.23. The molecule has 0 aromatic heterocycles. The van der Waals surface area contributed by atoms with E-state index >= 15 is 0 Å². The number of methoxy groups -OCH3 is 1. The molecule has 0 radical (unpaired) electrons. The highest BCUT2D eigenvalue weighted by atomic mass is 79.9. The quantitative estimate of drug-likeness (QED) is 0.372.